The van der Waals surface area contributed by atoms with Crippen LogP contribution >= 0.6 is 15.9 Å². The van der Waals surface area contributed by atoms with E-state index in [4.69, 9.17) is 14.4 Å². The molecule has 0 radical (unpaired) electrons. The fourth-order valence-corrected chi connectivity index (χ4v) is 2.11. The molecule has 1 saturated carbocycles. The van der Waals surface area contributed by atoms with Gasteiger partial charge >= 0.3 is 5.97 Å². The lowest BCUT2D eigenvalue weighted by Gasteiger charge is -2.07. The molecule has 0 atom stereocenters. The molecule has 2 aromatic rings. The third-order valence-corrected chi connectivity index (χ3v) is 3.44. The number of benzene rings is 1. The smallest absolute Gasteiger partial charge is 0.339 e. The Kier molecular flexibility index (Phi) is 3.43. The Hall–Kier alpha value is -1.89. The summed E-state index contributed by atoms with van der Waals surface area (Å²) in [5.74, 6) is 0.683. The molecule has 1 fully saturated rings. The van der Waals surface area contributed by atoms with Crippen molar-refractivity contribution in [2.45, 2.75) is 25.4 Å². The largest absolute Gasteiger partial charge is 0.483 e. The van der Waals surface area contributed by atoms with Gasteiger partial charge in [-0.25, -0.2) is 4.79 Å². The van der Waals surface area contributed by atoms with Crippen molar-refractivity contribution in [2.75, 3.05) is 0 Å². The SMILES string of the molecule is O=C(O)c1ccc(Br)cc1OCc1nc(C2CC2)no1. The summed E-state index contributed by atoms with van der Waals surface area (Å²) in [4.78, 5) is 15.3. The third kappa shape index (κ3) is 2.82. The summed E-state index contributed by atoms with van der Waals surface area (Å²) in [6, 6.07) is 4.72. The van der Waals surface area contributed by atoms with Gasteiger partial charge in [0.15, 0.2) is 12.4 Å². The molecule has 3 rings (SSSR count). The zero-order valence-electron chi connectivity index (χ0n) is 10.4. The first-order chi connectivity index (χ1) is 9.63. The molecule has 1 aliphatic carbocycles. The van der Waals surface area contributed by atoms with Crippen LogP contribution in [-0.4, -0.2) is 21.2 Å². The van der Waals surface area contributed by atoms with Crippen molar-refractivity contribution in [3.8, 4) is 5.75 Å². The molecule has 0 saturated heterocycles. The van der Waals surface area contributed by atoms with Gasteiger partial charge in [-0.3, -0.25) is 0 Å². The number of ether oxygens (including phenoxy) is 1. The summed E-state index contributed by atoms with van der Waals surface area (Å²) < 4.78 is 11.3. The number of aromatic nitrogens is 2. The maximum absolute atomic E-state index is 11.1. The number of rotatable bonds is 5. The Morgan fingerprint density at radius 2 is 2.30 bits per heavy atom. The van der Waals surface area contributed by atoms with Crippen LogP contribution in [0.5, 0.6) is 5.75 Å². The number of carboxylic acids is 1. The zero-order valence-corrected chi connectivity index (χ0v) is 12.0. The van der Waals surface area contributed by atoms with Crippen molar-refractivity contribution < 1.29 is 19.2 Å². The van der Waals surface area contributed by atoms with Crippen LogP contribution in [-0.2, 0) is 6.61 Å². The van der Waals surface area contributed by atoms with E-state index in [1.54, 1.807) is 12.1 Å². The Labute approximate surface area is 122 Å². The number of nitrogens with zero attached hydrogens (tertiary/aromatic N) is 2. The fourth-order valence-electron chi connectivity index (χ4n) is 1.77. The standard InChI is InChI=1S/C13H11BrN2O4/c14-8-3-4-9(13(17)18)10(5-8)19-6-11-15-12(16-20-11)7-1-2-7/h3-5,7H,1-2,6H2,(H,17,18). The van der Waals surface area contributed by atoms with Crippen LogP contribution in [0.3, 0.4) is 0 Å². The van der Waals surface area contributed by atoms with Gasteiger partial charge in [0.2, 0.25) is 0 Å². The van der Waals surface area contributed by atoms with Crippen LogP contribution in [0, 0.1) is 0 Å². The van der Waals surface area contributed by atoms with E-state index in [9.17, 15) is 4.79 Å². The zero-order chi connectivity index (χ0) is 14.1. The molecule has 0 aliphatic heterocycles. The lowest BCUT2D eigenvalue weighted by molar-refractivity contribution is 0.0691. The molecule has 1 aliphatic rings. The van der Waals surface area contributed by atoms with E-state index in [1.165, 1.54) is 6.07 Å². The minimum atomic E-state index is -1.04. The minimum absolute atomic E-state index is 0.0520. The van der Waals surface area contributed by atoms with Crippen LogP contribution in [0.2, 0.25) is 0 Å². The molecule has 0 amide bonds. The van der Waals surface area contributed by atoms with Gasteiger partial charge in [-0.15, -0.1) is 0 Å². The Morgan fingerprint density at radius 3 is 3.00 bits per heavy atom. The van der Waals surface area contributed by atoms with E-state index in [0.29, 0.717) is 17.6 Å². The van der Waals surface area contributed by atoms with Crippen molar-refractivity contribution in [2.24, 2.45) is 0 Å². The first kappa shape index (κ1) is 13.1. The monoisotopic (exact) mass is 338 g/mol. The van der Waals surface area contributed by atoms with Gasteiger partial charge < -0.3 is 14.4 Å². The Balaban J connectivity index is 1.73. The molecule has 0 unspecified atom stereocenters. The normalized spacial score (nSPS) is 14.2. The number of carbonyl (C=O) groups is 1. The molecular formula is C13H11BrN2O4. The number of aromatic carboxylic acids is 1. The van der Waals surface area contributed by atoms with Gasteiger partial charge in [-0.05, 0) is 31.0 Å². The van der Waals surface area contributed by atoms with Gasteiger partial charge in [0.25, 0.3) is 5.89 Å². The fraction of sp³-hybridized carbons (Fsp3) is 0.308. The highest BCUT2D eigenvalue weighted by atomic mass is 79.9. The van der Waals surface area contributed by atoms with Crippen molar-refractivity contribution in [1.82, 2.24) is 10.1 Å². The van der Waals surface area contributed by atoms with Gasteiger partial charge in [-0.1, -0.05) is 21.1 Å². The molecule has 1 N–H and O–H groups in total. The van der Waals surface area contributed by atoms with E-state index in [1.807, 2.05) is 0 Å². The molecule has 1 aromatic carbocycles. The number of hydrogen-bond acceptors (Lipinski definition) is 5. The first-order valence-electron chi connectivity index (χ1n) is 6.11. The second kappa shape index (κ2) is 5.24. The molecule has 104 valence electrons. The minimum Gasteiger partial charge on any atom is -0.483 e. The quantitative estimate of drug-likeness (QED) is 0.901. The molecule has 0 spiro atoms. The maximum atomic E-state index is 11.1. The van der Waals surface area contributed by atoms with Crippen molar-refractivity contribution in [3.05, 3.63) is 40.0 Å². The second-order valence-electron chi connectivity index (χ2n) is 4.55. The highest BCUT2D eigenvalue weighted by Crippen LogP contribution is 2.38. The van der Waals surface area contributed by atoms with Crippen LogP contribution in [0.15, 0.2) is 27.2 Å². The third-order valence-electron chi connectivity index (χ3n) is 2.95. The van der Waals surface area contributed by atoms with Gasteiger partial charge in [-0.2, -0.15) is 4.98 Å². The van der Waals surface area contributed by atoms with Crippen molar-refractivity contribution in [1.29, 1.82) is 0 Å². The van der Waals surface area contributed by atoms with Gasteiger partial charge in [0.1, 0.15) is 11.3 Å². The van der Waals surface area contributed by atoms with E-state index in [2.05, 4.69) is 26.1 Å². The molecule has 1 heterocycles. The predicted octanol–water partition coefficient (Wildman–Crippen LogP) is 2.99. The van der Waals surface area contributed by atoms with Gasteiger partial charge in [0, 0.05) is 10.4 Å². The van der Waals surface area contributed by atoms with E-state index < -0.39 is 5.97 Å². The summed E-state index contributed by atoms with van der Waals surface area (Å²) in [6.07, 6.45) is 2.18. The molecule has 7 heteroatoms. The lowest BCUT2D eigenvalue weighted by atomic mass is 10.2. The Bertz CT molecular complexity index is 652. The van der Waals surface area contributed by atoms with E-state index in [0.717, 1.165) is 17.3 Å². The first-order valence-corrected chi connectivity index (χ1v) is 6.91. The number of hydrogen-bond donors (Lipinski definition) is 1. The average Bonchev–Trinajstić information content (AvgIpc) is 3.15. The molecule has 0 bridgehead atoms. The maximum Gasteiger partial charge on any atom is 0.339 e. The molecule has 6 nitrogen and oxygen atoms in total. The second-order valence-corrected chi connectivity index (χ2v) is 5.47. The highest BCUT2D eigenvalue weighted by Gasteiger charge is 2.28. The average molecular weight is 339 g/mol. The van der Waals surface area contributed by atoms with Crippen molar-refractivity contribution in [3.63, 3.8) is 0 Å². The van der Waals surface area contributed by atoms with Gasteiger partial charge in [0.05, 0.1) is 0 Å². The van der Waals surface area contributed by atoms with Crippen LogP contribution < -0.4 is 4.74 Å². The summed E-state index contributed by atoms with van der Waals surface area (Å²) in [6.45, 7) is 0.0520. The molecule has 20 heavy (non-hydrogen) atoms. The summed E-state index contributed by atoms with van der Waals surface area (Å²) in [5, 5.41) is 13.0. The van der Waals surface area contributed by atoms with Crippen LogP contribution in [0.1, 0.15) is 40.8 Å². The summed E-state index contributed by atoms with van der Waals surface area (Å²) in [5.41, 5.74) is 0.0927. The summed E-state index contributed by atoms with van der Waals surface area (Å²) >= 11 is 3.28. The van der Waals surface area contributed by atoms with Crippen LogP contribution in [0.25, 0.3) is 0 Å². The number of carboxylic acid groups (broad SMARTS) is 1. The van der Waals surface area contributed by atoms with E-state index in [-0.39, 0.29) is 17.9 Å². The molecule has 1 aromatic heterocycles. The summed E-state index contributed by atoms with van der Waals surface area (Å²) in [7, 11) is 0. The van der Waals surface area contributed by atoms with Crippen molar-refractivity contribution >= 4 is 21.9 Å². The molecular weight excluding hydrogens is 328 g/mol. The predicted molar refractivity (Wildman–Crippen MR) is 71.7 cm³/mol. The van der Waals surface area contributed by atoms with E-state index >= 15 is 0 Å². The number of halogens is 1. The Morgan fingerprint density at radius 1 is 1.50 bits per heavy atom. The lowest BCUT2D eigenvalue weighted by Crippen LogP contribution is -2.03. The topological polar surface area (TPSA) is 85.5 Å². The highest BCUT2D eigenvalue weighted by molar-refractivity contribution is 9.10. The van der Waals surface area contributed by atoms with Crippen LogP contribution in [0.4, 0.5) is 0 Å².